The van der Waals surface area contributed by atoms with Crippen LogP contribution >= 0.6 is 0 Å². The van der Waals surface area contributed by atoms with Gasteiger partial charge in [-0.15, -0.1) is 0 Å². The molecule has 2 rings (SSSR count). The standard InChI is InChI=1S/C21H25FO6/c1-14-9-10-17(22)18(23)8-6-4-5-7-15-11-16(26-3)12-19(27-13-25-2)20(15)21(24)28-14/h5,7,10-12,14H,4,6,8-9,13H2,1-3H3/b7-5+,17-10+/t14-/m0/s1. The second-order valence-electron chi connectivity index (χ2n) is 6.36. The summed E-state index contributed by atoms with van der Waals surface area (Å²) in [7, 11) is 2.99. The van der Waals surface area contributed by atoms with E-state index >= 15 is 0 Å². The van der Waals surface area contributed by atoms with Gasteiger partial charge in [-0.3, -0.25) is 4.79 Å². The summed E-state index contributed by atoms with van der Waals surface area (Å²) in [6.45, 7) is 1.58. The highest BCUT2D eigenvalue weighted by Crippen LogP contribution is 2.31. The van der Waals surface area contributed by atoms with Crippen molar-refractivity contribution in [1.82, 2.24) is 0 Å². The zero-order valence-electron chi connectivity index (χ0n) is 16.3. The molecule has 1 aliphatic rings. The van der Waals surface area contributed by atoms with Gasteiger partial charge in [0, 0.05) is 26.0 Å². The van der Waals surface area contributed by atoms with Crippen LogP contribution in [0, 0.1) is 0 Å². The lowest BCUT2D eigenvalue weighted by atomic mass is 10.0. The van der Waals surface area contributed by atoms with Gasteiger partial charge in [0.1, 0.15) is 23.2 Å². The highest BCUT2D eigenvalue weighted by molar-refractivity contribution is 5.97. The summed E-state index contributed by atoms with van der Waals surface area (Å²) in [4.78, 5) is 24.6. The quantitative estimate of drug-likeness (QED) is 0.564. The number of benzene rings is 1. The van der Waals surface area contributed by atoms with Crippen LogP contribution in [0.2, 0.25) is 0 Å². The monoisotopic (exact) mass is 392 g/mol. The molecule has 152 valence electrons. The average molecular weight is 392 g/mol. The predicted molar refractivity (Wildman–Crippen MR) is 102 cm³/mol. The van der Waals surface area contributed by atoms with Crippen molar-refractivity contribution in [3.8, 4) is 11.5 Å². The highest BCUT2D eigenvalue weighted by atomic mass is 19.1. The van der Waals surface area contributed by atoms with Crippen molar-refractivity contribution in [3.05, 3.63) is 41.2 Å². The number of hydrogen-bond donors (Lipinski definition) is 0. The van der Waals surface area contributed by atoms with Gasteiger partial charge in [0.2, 0.25) is 0 Å². The lowest BCUT2D eigenvalue weighted by Gasteiger charge is -2.17. The molecule has 0 fully saturated rings. The van der Waals surface area contributed by atoms with E-state index in [0.29, 0.717) is 24.2 Å². The van der Waals surface area contributed by atoms with Crippen LogP contribution in [0.5, 0.6) is 11.5 Å². The summed E-state index contributed by atoms with van der Waals surface area (Å²) < 4.78 is 35.1. The van der Waals surface area contributed by atoms with Crippen molar-refractivity contribution in [2.24, 2.45) is 0 Å². The second kappa shape index (κ2) is 10.6. The first-order valence-electron chi connectivity index (χ1n) is 9.06. The number of carbonyl (C=O) groups excluding carboxylic acids is 2. The molecule has 0 saturated heterocycles. The Morgan fingerprint density at radius 3 is 2.75 bits per heavy atom. The van der Waals surface area contributed by atoms with Crippen molar-refractivity contribution in [3.63, 3.8) is 0 Å². The Bertz CT molecular complexity index is 768. The number of rotatable bonds is 4. The third-order valence-electron chi connectivity index (χ3n) is 4.15. The molecule has 0 aromatic heterocycles. The van der Waals surface area contributed by atoms with E-state index in [9.17, 15) is 14.0 Å². The average Bonchev–Trinajstić information content (AvgIpc) is 2.68. The number of cyclic esters (lactones) is 1. The molecular formula is C21H25FO6. The van der Waals surface area contributed by atoms with Crippen molar-refractivity contribution < 1.29 is 32.9 Å². The number of allylic oxidation sites excluding steroid dienone is 2. The first-order valence-corrected chi connectivity index (χ1v) is 9.06. The Kier molecular flexibility index (Phi) is 8.19. The van der Waals surface area contributed by atoms with Gasteiger partial charge < -0.3 is 18.9 Å². The molecule has 0 bridgehead atoms. The third-order valence-corrected chi connectivity index (χ3v) is 4.15. The summed E-state index contributed by atoms with van der Waals surface area (Å²) in [5, 5.41) is 0. The van der Waals surface area contributed by atoms with Crippen molar-refractivity contribution >= 4 is 17.8 Å². The zero-order valence-corrected chi connectivity index (χ0v) is 16.3. The smallest absolute Gasteiger partial charge is 0.342 e. The molecule has 6 nitrogen and oxygen atoms in total. The Labute approximate surface area is 163 Å². The lowest BCUT2D eigenvalue weighted by molar-refractivity contribution is -0.117. The molecular weight excluding hydrogens is 367 g/mol. The highest BCUT2D eigenvalue weighted by Gasteiger charge is 2.22. The van der Waals surface area contributed by atoms with Gasteiger partial charge >= 0.3 is 5.97 Å². The number of esters is 1. The van der Waals surface area contributed by atoms with Gasteiger partial charge in [0.05, 0.1) is 7.11 Å². The SMILES string of the molecule is COCOc1cc(OC)cc2c1C(=O)O[C@@H](C)C/C=C(/F)C(=O)CCC/C=C/2. The van der Waals surface area contributed by atoms with Gasteiger partial charge in [-0.25, -0.2) is 9.18 Å². The largest absolute Gasteiger partial charge is 0.497 e. The number of hydrogen-bond acceptors (Lipinski definition) is 6. The Balaban J connectivity index is 2.45. The van der Waals surface area contributed by atoms with Gasteiger partial charge in [-0.2, -0.15) is 0 Å². The van der Waals surface area contributed by atoms with Crippen LogP contribution in [0.1, 0.15) is 48.5 Å². The van der Waals surface area contributed by atoms with Crippen LogP contribution in [0.4, 0.5) is 4.39 Å². The number of Topliss-reactive ketones (excluding diaryl/α,β-unsaturated/α-hetero) is 1. The van der Waals surface area contributed by atoms with E-state index in [-0.39, 0.29) is 30.9 Å². The number of fused-ring (bicyclic) bond motifs is 1. The second-order valence-corrected chi connectivity index (χ2v) is 6.36. The Morgan fingerprint density at radius 1 is 1.25 bits per heavy atom. The summed E-state index contributed by atoms with van der Waals surface area (Å²) in [6.07, 6.45) is 5.37. The maximum Gasteiger partial charge on any atom is 0.342 e. The van der Waals surface area contributed by atoms with Gasteiger partial charge in [-0.1, -0.05) is 12.2 Å². The molecule has 1 heterocycles. The van der Waals surface area contributed by atoms with Gasteiger partial charge in [0.25, 0.3) is 0 Å². The maximum atomic E-state index is 13.8. The number of carbonyl (C=O) groups is 2. The molecule has 1 aromatic carbocycles. The van der Waals surface area contributed by atoms with E-state index in [0.717, 1.165) is 0 Å². The Morgan fingerprint density at radius 2 is 2.04 bits per heavy atom. The van der Waals surface area contributed by atoms with Crippen LogP contribution in [0.3, 0.4) is 0 Å². The first-order chi connectivity index (χ1) is 13.5. The van der Waals surface area contributed by atoms with Gasteiger partial charge in [-0.05, 0) is 37.5 Å². The molecule has 0 amide bonds. The minimum absolute atomic E-state index is 0.0534. The van der Waals surface area contributed by atoms with Gasteiger partial charge in [0.15, 0.2) is 18.4 Å². The van der Waals surface area contributed by atoms with E-state index in [1.165, 1.54) is 20.3 Å². The molecule has 1 aliphatic heterocycles. The number of halogens is 1. The minimum Gasteiger partial charge on any atom is -0.497 e. The van der Waals surface area contributed by atoms with E-state index in [2.05, 4.69) is 0 Å². The summed E-state index contributed by atoms with van der Waals surface area (Å²) in [5.41, 5.74) is 0.797. The van der Waals surface area contributed by atoms with Crippen LogP contribution in [-0.4, -0.2) is 38.9 Å². The molecule has 0 saturated carbocycles. The fourth-order valence-electron chi connectivity index (χ4n) is 2.70. The van der Waals surface area contributed by atoms with E-state index in [4.69, 9.17) is 18.9 Å². The third kappa shape index (κ3) is 5.92. The molecule has 0 radical (unpaired) electrons. The number of methoxy groups -OCH3 is 2. The maximum absolute atomic E-state index is 13.8. The first kappa shape index (κ1) is 21.6. The summed E-state index contributed by atoms with van der Waals surface area (Å²) in [5.74, 6) is -1.17. The molecule has 0 N–H and O–H groups in total. The topological polar surface area (TPSA) is 71.1 Å². The van der Waals surface area contributed by atoms with Crippen LogP contribution in [0.25, 0.3) is 6.08 Å². The number of ketones is 1. The molecule has 7 heteroatoms. The molecule has 1 aromatic rings. The normalized spacial score (nSPS) is 21.6. The van der Waals surface area contributed by atoms with Crippen LogP contribution in [-0.2, 0) is 14.3 Å². The summed E-state index contributed by atoms with van der Waals surface area (Å²) in [6, 6.07) is 3.28. The van der Waals surface area contributed by atoms with Crippen molar-refractivity contribution in [2.75, 3.05) is 21.0 Å². The predicted octanol–water partition coefficient (Wildman–Crippen LogP) is 4.23. The number of ether oxygens (including phenoxy) is 4. The molecule has 0 aliphatic carbocycles. The van der Waals surface area contributed by atoms with E-state index in [1.807, 2.05) is 6.08 Å². The van der Waals surface area contributed by atoms with Crippen LogP contribution in [0.15, 0.2) is 30.1 Å². The van der Waals surface area contributed by atoms with Crippen molar-refractivity contribution in [2.45, 2.75) is 38.7 Å². The summed E-state index contributed by atoms with van der Waals surface area (Å²) >= 11 is 0. The zero-order chi connectivity index (χ0) is 20.5. The minimum atomic E-state index is -0.793. The van der Waals surface area contributed by atoms with Crippen LogP contribution < -0.4 is 9.47 Å². The van der Waals surface area contributed by atoms with Crippen molar-refractivity contribution in [1.29, 1.82) is 0 Å². The Hall–Kier alpha value is -2.67. The molecule has 28 heavy (non-hydrogen) atoms. The fraction of sp³-hybridized carbons (Fsp3) is 0.429. The molecule has 1 atom stereocenters. The van der Waals surface area contributed by atoms with E-state index < -0.39 is 23.7 Å². The molecule has 0 spiro atoms. The fourth-order valence-corrected chi connectivity index (χ4v) is 2.70. The molecule has 0 unspecified atom stereocenters. The van der Waals surface area contributed by atoms with E-state index in [1.54, 1.807) is 25.1 Å². The lowest BCUT2D eigenvalue weighted by Crippen LogP contribution is -2.17.